The molecule has 1 aliphatic rings. The Balaban J connectivity index is 1.44. The summed E-state index contributed by atoms with van der Waals surface area (Å²) in [4.78, 5) is 10.2. The van der Waals surface area contributed by atoms with E-state index in [0.717, 1.165) is 47.7 Å². The lowest BCUT2D eigenvalue weighted by molar-refractivity contribution is 0.372. The Morgan fingerprint density at radius 3 is 2.64 bits per heavy atom. The zero-order valence-electron chi connectivity index (χ0n) is 14.1. The molecular weight excluding hydrogens is 352 g/mol. The molecule has 0 spiro atoms. The SMILES string of the molecule is Cc1nc(CSc2ccc(-c3nc(C4(N)CCCC4)no3)cc2)cs1. The summed E-state index contributed by atoms with van der Waals surface area (Å²) in [7, 11) is 0. The maximum absolute atomic E-state index is 6.40. The van der Waals surface area contributed by atoms with Gasteiger partial charge in [-0.15, -0.1) is 23.1 Å². The molecule has 25 heavy (non-hydrogen) atoms. The van der Waals surface area contributed by atoms with Crippen LogP contribution in [-0.2, 0) is 11.3 Å². The molecule has 130 valence electrons. The molecule has 2 N–H and O–H groups in total. The van der Waals surface area contributed by atoms with Gasteiger partial charge in [-0.05, 0) is 44.0 Å². The minimum atomic E-state index is -0.413. The van der Waals surface area contributed by atoms with Gasteiger partial charge in [-0.1, -0.05) is 18.0 Å². The first-order valence-electron chi connectivity index (χ1n) is 8.40. The van der Waals surface area contributed by atoms with Crippen LogP contribution in [0.3, 0.4) is 0 Å². The molecule has 0 amide bonds. The molecule has 1 aromatic carbocycles. The first kappa shape index (κ1) is 16.8. The number of rotatable bonds is 5. The van der Waals surface area contributed by atoms with E-state index in [1.54, 1.807) is 23.1 Å². The highest BCUT2D eigenvalue weighted by Crippen LogP contribution is 2.35. The van der Waals surface area contributed by atoms with Gasteiger partial charge in [0.25, 0.3) is 5.89 Å². The van der Waals surface area contributed by atoms with Gasteiger partial charge >= 0.3 is 0 Å². The average Bonchev–Trinajstić information content (AvgIpc) is 3.35. The molecule has 1 saturated carbocycles. The monoisotopic (exact) mass is 372 g/mol. The van der Waals surface area contributed by atoms with Crippen molar-refractivity contribution in [2.75, 3.05) is 0 Å². The van der Waals surface area contributed by atoms with Gasteiger partial charge in [0.05, 0.1) is 16.2 Å². The lowest BCUT2D eigenvalue weighted by atomic mass is 9.99. The number of thioether (sulfide) groups is 1. The third-order valence-electron chi connectivity index (χ3n) is 4.52. The number of aromatic nitrogens is 3. The number of hydrogen-bond acceptors (Lipinski definition) is 7. The zero-order chi connectivity index (χ0) is 17.3. The van der Waals surface area contributed by atoms with Crippen molar-refractivity contribution >= 4 is 23.1 Å². The quantitative estimate of drug-likeness (QED) is 0.663. The van der Waals surface area contributed by atoms with Gasteiger partial charge in [-0.3, -0.25) is 0 Å². The van der Waals surface area contributed by atoms with Crippen LogP contribution >= 0.6 is 23.1 Å². The second kappa shape index (κ2) is 6.90. The fraction of sp³-hybridized carbons (Fsp3) is 0.389. The Bertz CT molecular complexity index is 850. The Morgan fingerprint density at radius 2 is 1.96 bits per heavy atom. The second-order valence-electron chi connectivity index (χ2n) is 6.46. The third-order valence-corrected chi connectivity index (χ3v) is 6.39. The summed E-state index contributed by atoms with van der Waals surface area (Å²) in [6.07, 6.45) is 4.12. The van der Waals surface area contributed by atoms with Gasteiger partial charge in [0.2, 0.25) is 0 Å². The van der Waals surface area contributed by atoms with Crippen LogP contribution in [0.1, 0.15) is 42.2 Å². The average molecular weight is 373 g/mol. The van der Waals surface area contributed by atoms with Crippen molar-refractivity contribution in [2.45, 2.75) is 48.8 Å². The largest absolute Gasteiger partial charge is 0.334 e. The summed E-state index contributed by atoms with van der Waals surface area (Å²) in [5.41, 5.74) is 8.04. The molecule has 0 radical (unpaired) electrons. The van der Waals surface area contributed by atoms with E-state index in [-0.39, 0.29) is 0 Å². The van der Waals surface area contributed by atoms with Gasteiger partial charge in [-0.2, -0.15) is 4.98 Å². The minimum absolute atomic E-state index is 0.413. The lowest BCUT2D eigenvalue weighted by Crippen LogP contribution is -2.34. The van der Waals surface area contributed by atoms with Crippen molar-refractivity contribution < 1.29 is 4.52 Å². The Kier molecular flexibility index (Phi) is 4.62. The first-order valence-corrected chi connectivity index (χ1v) is 10.3. The molecule has 2 heterocycles. The van der Waals surface area contributed by atoms with Crippen LogP contribution in [0, 0.1) is 6.92 Å². The van der Waals surface area contributed by atoms with E-state index in [1.807, 2.05) is 19.1 Å². The van der Waals surface area contributed by atoms with E-state index in [1.165, 1.54) is 4.90 Å². The van der Waals surface area contributed by atoms with Crippen LogP contribution < -0.4 is 5.73 Å². The van der Waals surface area contributed by atoms with E-state index in [2.05, 4.69) is 32.6 Å². The number of thiazole rings is 1. The molecule has 0 saturated heterocycles. The predicted molar refractivity (Wildman–Crippen MR) is 100 cm³/mol. The molecule has 2 aromatic heterocycles. The van der Waals surface area contributed by atoms with Crippen molar-refractivity contribution in [3.8, 4) is 11.5 Å². The number of hydrogen-bond donors (Lipinski definition) is 1. The van der Waals surface area contributed by atoms with E-state index in [4.69, 9.17) is 10.3 Å². The lowest BCUT2D eigenvalue weighted by Gasteiger charge is -2.17. The number of aryl methyl sites for hydroxylation is 1. The van der Waals surface area contributed by atoms with Gasteiger partial charge in [0.15, 0.2) is 5.82 Å². The molecule has 0 unspecified atom stereocenters. The fourth-order valence-corrected chi connectivity index (χ4v) is 4.61. The van der Waals surface area contributed by atoms with E-state index in [9.17, 15) is 0 Å². The molecule has 1 aliphatic carbocycles. The highest BCUT2D eigenvalue weighted by molar-refractivity contribution is 7.98. The first-order chi connectivity index (χ1) is 12.1. The Hall–Kier alpha value is -1.70. The predicted octanol–water partition coefficient (Wildman–Crippen LogP) is 4.52. The number of benzene rings is 1. The summed E-state index contributed by atoms with van der Waals surface area (Å²) in [6, 6.07) is 8.20. The molecule has 7 heteroatoms. The molecule has 1 fully saturated rings. The molecule has 5 nitrogen and oxygen atoms in total. The van der Waals surface area contributed by atoms with Crippen molar-refractivity contribution in [1.29, 1.82) is 0 Å². The van der Waals surface area contributed by atoms with E-state index in [0.29, 0.717) is 11.7 Å². The molecule has 0 aliphatic heterocycles. The minimum Gasteiger partial charge on any atom is -0.334 e. The number of nitrogens with zero attached hydrogens (tertiary/aromatic N) is 3. The third kappa shape index (κ3) is 3.63. The van der Waals surface area contributed by atoms with Crippen molar-refractivity contribution in [2.24, 2.45) is 5.73 Å². The molecular formula is C18H20N4OS2. The molecule has 0 atom stereocenters. The summed E-state index contributed by atoms with van der Waals surface area (Å²) in [5.74, 6) is 2.06. The highest BCUT2D eigenvalue weighted by atomic mass is 32.2. The van der Waals surface area contributed by atoms with Gasteiger partial charge in [0.1, 0.15) is 0 Å². The maximum atomic E-state index is 6.40. The molecule has 4 rings (SSSR count). The van der Waals surface area contributed by atoms with Crippen LogP contribution in [-0.4, -0.2) is 15.1 Å². The van der Waals surface area contributed by atoms with Crippen LogP contribution in [0.15, 0.2) is 39.1 Å². The van der Waals surface area contributed by atoms with Crippen molar-refractivity contribution in [1.82, 2.24) is 15.1 Å². The second-order valence-corrected chi connectivity index (χ2v) is 8.57. The Labute approximate surface area is 155 Å². The summed E-state index contributed by atoms with van der Waals surface area (Å²) in [5, 5.41) is 7.35. The Morgan fingerprint density at radius 1 is 1.20 bits per heavy atom. The molecule has 3 aromatic rings. The van der Waals surface area contributed by atoms with Crippen LogP contribution in [0.2, 0.25) is 0 Å². The van der Waals surface area contributed by atoms with Gasteiger partial charge in [-0.25, -0.2) is 4.98 Å². The van der Waals surface area contributed by atoms with Crippen molar-refractivity contribution in [3.05, 3.63) is 46.2 Å². The topological polar surface area (TPSA) is 77.8 Å². The smallest absolute Gasteiger partial charge is 0.257 e. The zero-order valence-corrected chi connectivity index (χ0v) is 15.7. The van der Waals surface area contributed by atoms with Gasteiger partial charge in [0, 0.05) is 21.6 Å². The summed E-state index contributed by atoms with van der Waals surface area (Å²) >= 11 is 3.46. The normalized spacial score (nSPS) is 16.4. The van der Waals surface area contributed by atoms with Crippen LogP contribution in [0.25, 0.3) is 11.5 Å². The van der Waals surface area contributed by atoms with Gasteiger partial charge < -0.3 is 10.3 Å². The van der Waals surface area contributed by atoms with E-state index >= 15 is 0 Å². The highest BCUT2D eigenvalue weighted by Gasteiger charge is 2.36. The summed E-state index contributed by atoms with van der Waals surface area (Å²) in [6.45, 7) is 2.03. The molecule has 0 bridgehead atoms. The fourth-order valence-electron chi connectivity index (χ4n) is 3.10. The van der Waals surface area contributed by atoms with Crippen LogP contribution in [0.5, 0.6) is 0 Å². The van der Waals surface area contributed by atoms with E-state index < -0.39 is 5.54 Å². The standard InChI is InChI=1S/C18H20N4OS2/c1-12-20-14(10-24-12)11-25-15-6-4-13(5-7-15)16-21-17(22-23-16)18(19)8-2-3-9-18/h4-7,10H,2-3,8-9,11,19H2,1H3. The summed E-state index contributed by atoms with van der Waals surface area (Å²) < 4.78 is 5.44. The number of nitrogens with two attached hydrogens (primary N) is 1. The maximum Gasteiger partial charge on any atom is 0.257 e. The van der Waals surface area contributed by atoms with Crippen molar-refractivity contribution in [3.63, 3.8) is 0 Å². The van der Waals surface area contributed by atoms with Crippen LogP contribution in [0.4, 0.5) is 0 Å².